The second kappa shape index (κ2) is 9.14. The molecule has 3 aromatic rings. The zero-order valence-corrected chi connectivity index (χ0v) is 16.6. The molecular weight excluding hydrogens is 411 g/mol. The number of hydrogen-bond donors (Lipinski definition) is 1. The third-order valence-corrected chi connectivity index (χ3v) is 5.14. The number of carbonyl (C=O) groups excluding carboxylic acids is 1. The molecule has 0 fully saturated rings. The van der Waals surface area contributed by atoms with E-state index in [1.54, 1.807) is 0 Å². The van der Waals surface area contributed by atoms with Gasteiger partial charge in [0.25, 0.3) is 5.69 Å². The number of halogens is 2. The van der Waals surface area contributed by atoms with Crippen LogP contribution in [-0.4, -0.2) is 15.8 Å². The number of ether oxygens (including phenoxy) is 1. The van der Waals surface area contributed by atoms with E-state index < -0.39 is 25.4 Å². The fraction of sp³-hybridized carbons (Fsp3) is 0.167. The van der Waals surface area contributed by atoms with E-state index in [0.717, 1.165) is 11.3 Å². The number of nitrogens with zero attached hydrogens (tertiary/aromatic N) is 1. The van der Waals surface area contributed by atoms with Crippen LogP contribution in [-0.2, 0) is 5.66 Å². The minimum atomic E-state index is -3.34. The van der Waals surface area contributed by atoms with Crippen molar-refractivity contribution in [2.24, 2.45) is 0 Å². The minimum absolute atomic E-state index is 0.131. The maximum Gasteiger partial charge on any atom is 0.353 e. The van der Waals surface area contributed by atoms with E-state index in [2.05, 4.69) is 0 Å². The molecule has 2 aromatic carbocycles. The smallest absolute Gasteiger partial charge is 0.353 e. The Morgan fingerprint density at radius 1 is 1.18 bits per heavy atom. The summed E-state index contributed by atoms with van der Waals surface area (Å²) in [6.45, 7) is 4.00. The first-order valence-corrected chi connectivity index (χ1v) is 9.86. The molecule has 0 saturated carbocycles. The number of esters is 1. The van der Waals surface area contributed by atoms with Gasteiger partial charge in [-0.1, -0.05) is 19.9 Å². The van der Waals surface area contributed by atoms with Crippen molar-refractivity contribution in [2.75, 3.05) is 0 Å². The summed E-state index contributed by atoms with van der Waals surface area (Å²) >= 11 is 1.07. The lowest BCUT2D eigenvalue weighted by atomic mass is 10.1. The molecule has 6 nitrogen and oxygen atoms in total. The summed E-state index contributed by atoms with van der Waals surface area (Å²) in [5.41, 5.74) is -3.81. The largest absolute Gasteiger partial charge is 0.422 e. The predicted octanol–water partition coefficient (Wildman–Crippen LogP) is 5.69. The van der Waals surface area contributed by atoms with Gasteiger partial charge in [0.15, 0.2) is 0 Å². The van der Waals surface area contributed by atoms with Gasteiger partial charge in [-0.3, -0.25) is 10.1 Å². The van der Waals surface area contributed by atoms with E-state index in [4.69, 9.17) is 9.63 Å². The van der Waals surface area contributed by atoms with Crippen molar-refractivity contribution in [3.63, 3.8) is 0 Å². The SMILES string of the molecule is CC.O=C(Oc1ccc([N+](=O)[O-])cc1)c1cc2cc(C(F)(F)PO)ccc2s1. The molecule has 28 heavy (non-hydrogen) atoms. The fourth-order valence-electron chi connectivity index (χ4n) is 2.20. The number of fused-ring (bicyclic) bond motifs is 1. The molecule has 0 spiro atoms. The molecule has 3 rings (SSSR count). The number of benzene rings is 2. The number of alkyl halides is 2. The number of hydrogen-bond acceptors (Lipinski definition) is 6. The lowest BCUT2D eigenvalue weighted by molar-refractivity contribution is -0.384. The average Bonchev–Trinajstić information content (AvgIpc) is 3.13. The van der Waals surface area contributed by atoms with E-state index in [9.17, 15) is 23.7 Å². The molecular formula is C18H16F2NO5PS. The molecule has 1 N–H and O–H groups in total. The number of nitro groups is 1. The van der Waals surface area contributed by atoms with Gasteiger partial charge in [0.2, 0.25) is 0 Å². The molecule has 10 heteroatoms. The van der Waals surface area contributed by atoms with Gasteiger partial charge < -0.3 is 9.63 Å². The van der Waals surface area contributed by atoms with Crippen LogP contribution < -0.4 is 4.74 Å². The van der Waals surface area contributed by atoms with Crippen molar-refractivity contribution in [2.45, 2.75) is 19.5 Å². The molecule has 1 unspecified atom stereocenters. The van der Waals surface area contributed by atoms with Crippen molar-refractivity contribution >= 4 is 41.9 Å². The Balaban J connectivity index is 0.00000136. The molecule has 1 atom stereocenters. The topological polar surface area (TPSA) is 89.7 Å². The van der Waals surface area contributed by atoms with Gasteiger partial charge >= 0.3 is 11.6 Å². The van der Waals surface area contributed by atoms with Gasteiger partial charge in [-0.2, -0.15) is 8.78 Å². The van der Waals surface area contributed by atoms with E-state index in [1.165, 1.54) is 48.5 Å². The van der Waals surface area contributed by atoms with E-state index in [-0.39, 0.29) is 21.9 Å². The maximum atomic E-state index is 13.6. The first-order valence-electron chi connectivity index (χ1n) is 8.10. The minimum Gasteiger partial charge on any atom is -0.422 e. The summed E-state index contributed by atoms with van der Waals surface area (Å²) in [6, 6.07) is 10.3. The maximum absolute atomic E-state index is 13.6. The zero-order valence-electron chi connectivity index (χ0n) is 14.8. The van der Waals surface area contributed by atoms with Gasteiger partial charge in [-0.15, -0.1) is 11.3 Å². The molecule has 1 aromatic heterocycles. The summed E-state index contributed by atoms with van der Waals surface area (Å²) in [6.07, 6.45) is 0. The Morgan fingerprint density at radius 2 is 1.82 bits per heavy atom. The van der Waals surface area contributed by atoms with E-state index in [0.29, 0.717) is 10.1 Å². The number of non-ortho nitro benzene ring substituents is 1. The Morgan fingerprint density at radius 3 is 2.39 bits per heavy atom. The summed E-state index contributed by atoms with van der Waals surface area (Å²) in [5.74, 6) is -0.566. The van der Waals surface area contributed by atoms with Gasteiger partial charge in [0.1, 0.15) is 10.6 Å². The number of rotatable bonds is 5. The Labute approximate surface area is 164 Å². The van der Waals surface area contributed by atoms with Gasteiger partial charge in [0, 0.05) is 22.4 Å². The fourth-order valence-corrected chi connectivity index (χ4v) is 3.40. The van der Waals surface area contributed by atoms with Crippen molar-refractivity contribution in [1.29, 1.82) is 0 Å². The second-order valence-electron chi connectivity index (χ2n) is 5.19. The lowest BCUT2D eigenvalue weighted by Crippen LogP contribution is -2.06. The van der Waals surface area contributed by atoms with Crippen molar-refractivity contribution < 1.29 is 28.1 Å². The van der Waals surface area contributed by atoms with Crippen LogP contribution in [0, 0.1) is 10.1 Å². The molecule has 1 heterocycles. The number of nitro benzene ring substituents is 1. The van der Waals surface area contributed by atoms with Crippen LogP contribution in [0.1, 0.15) is 29.1 Å². The van der Waals surface area contributed by atoms with Crippen LogP contribution in [0.25, 0.3) is 10.1 Å². The molecule has 0 aliphatic carbocycles. The first kappa shape index (κ1) is 21.8. The van der Waals surface area contributed by atoms with Crippen LogP contribution >= 0.6 is 20.1 Å². The van der Waals surface area contributed by atoms with Crippen LogP contribution in [0.4, 0.5) is 14.5 Å². The molecule has 148 valence electrons. The molecule has 0 aliphatic rings. The second-order valence-corrected chi connectivity index (χ2v) is 7.13. The molecule has 0 aliphatic heterocycles. The van der Waals surface area contributed by atoms with Crippen LogP contribution in [0.5, 0.6) is 5.75 Å². The standard InChI is InChI=1S/C16H10F2NO5PS.C2H6/c17-16(18,25-23)10-1-6-13-9(7-10)8-14(26-13)15(20)24-12-4-2-11(3-5-12)19(21)22;1-2/h1-8,23,25H;1-2H3. The summed E-state index contributed by atoms with van der Waals surface area (Å²) in [5, 5.41) is 11.0. The third kappa shape index (κ3) is 4.86. The highest BCUT2D eigenvalue weighted by atomic mass is 32.1. The summed E-state index contributed by atoms with van der Waals surface area (Å²) in [4.78, 5) is 31.2. The van der Waals surface area contributed by atoms with Crippen molar-refractivity contribution in [1.82, 2.24) is 0 Å². The quantitative estimate of drug-likeness (QED) is 0.186. The number of thiophene rings is 1. The highest BCUT2D eigenvalue weighted by Crippen LogP contribution is 2.43. The van der Waals surface area contributed by atoms with Gasteiger partial charge in [-0.25, -0.2) is 4.79 Å². The van der Waals surface area contributed by atoms with Gasteiger partial charge in [-0.05, 0) is 35.7 Å². The Kier molecular flexibility index (Phi) is 7.12. The van der Waals surface area contributed by atoms with Crippen molar-refractivity contribution in [3.05, 3.63) is 69.1 Å². The van der Waals surface area contributed by atoms with Gasteiger partial charge in [0.05, 0.1) is 13.7 Å². The Bertz CT molecular complexity index is 991. The zero-order chi connectivity index (χ0) is 20.9. The Hall–Kier alpha value is -2.48. The lowest BCUT2D eigenvalue weighted by Gasteiger charge is -2.12. The third-order valence-electron chi connectivity index (χ3n) is 3.48. The van der Waals surface area contributed by atoms with Crippen LogP contribution in [0.15, 0.2) is 48.5 Å². The molecule has 0 radical (unpaired) electrons. The normalized spacial score (nSPS) is 11.3. The highest BCUT2D eigenvalue weighted by molar-refractivity contribution is 7.32. The van der Waals surface area contributed by atoms with E-state index in [1.807, 2.05) is 13.8 Å². The average molecular weight is 427 g/mol. The molecule has 0 bridgehead atoms. The number of carbonyl (C=O) groups is 1. The summed E-state index contributed by atoms with van der Waals surface area (Å²) in [7, 11) is -1.56. The highest BCUT2D eigenvalue weighted by Gasteiger charge is 2.31. The first-order chi connectivity index (χ1) is 13.3. The van der Waals surface area contributed by atoms with Crippen molar-refractivity contribution in [3.8, 4) is 5.75 Å². The molecule has 0 saturated heterocycles. The van der Waals surface area contributed by atoms with E-state index >= 15 is 0 Å². The van der Waals surface area contributed by atoms with Crippen LogP contribution in [0.3, 0.4) is 0 Å². The molecule has 0 amide bonds. The monoisotopic (exact) mass is 427 g/mol. The van der Waals surface area contributed by atoms with Crippen LogP contribution in [0.2, 0.25) is 0 Å². The summed E-state index contributed by atoms with van der Waals surface area (Å²) < 4.78 is 32.9. The predicted molar refractivity (Wildman–Crippen MR) is 106 cm³/mol.